The quantitative estimate of drug-likeness (QED) is 0.254. The van der Waals surface area contributed by atoms with E-state index in [0.29, 0.717) is 34.1 Å². The van der Waals surface area contributed by atoms with Crippen LogP contribution in [0, 0.1) is 12.7 Å². The third kappa shape index (κ3) is 4.53. The van der Waals surface area contributed by atoms with Gasteiger partial charge in [-0.1, -0.05) is 17.7 Å². The molecule has 37 heavy (non-hydrogen) atoms. The van der Waals surface area contributed by atoms with Crippen molar-refractivity contribution >= 4 is 39.2 Å². The van der Waals surface area contributed by atoms with Crippen molar-refractivity contribution in [2.75, 3.05) is 13.2 Å². The molecule has 5 nitrogen and oxygen atoms in total. The number of ether oxygens (including phenoxy) is 3. The minimum atomic E-state index is -1.04. The molecule has 0 spiro atoms. The van der Waals surface area contributed by atoms with Crippen LogP contribution in [0.2, 0.25) is 5.02 Å². The molecule has 0 bridgehead atoms. The minimum Gasteiger partial charge on any atom is -0.493 e. The van der Waals surface area contributed by atoms with Crippen molar-refractivity contribution in [3.05, 3.63) is 70.1 Å². The van der Waals surface area contributed by atoms with Crippen molar-refractivity contribution in [1.82, 2.24) is 4.98 Å². The molecule has 1 atom stereocenters. The van der Waals surface area contributed by atoms with E-state index in [1.165, 1.54) is 6.07 Å². The van der Waals surface area contributed by atoms with Gasteiger partial charge in [0.1, 0.15) is 11.6 Å². The Morgan fingerprint density at radius 1 is 1.19 bits per heavy atom. The molecule has 0 radical (unpaired) electrons. The number of esters is 1. The highest BCUT2D eigenvalue weighted by Crippen LogP contribution is 2.46. The topological polar surface area (TPSA) is 57.7 Å². The second-order valence-electron chi connectivity index (χ2n) is 10.2. The molecular formula is C30H29ClFNO4. The van der Waals surface area contributed by atoms with Gasteiger partial charge in [0.25, 0.3) is 0 Å². The van der Waals surface area contributed by atoms with Crippen LogP contribution in [-0.4, -0.2) is 29.8 Å². The normalized spacial score (nSPS) is 14.0. The number of fused-ring (bicyclic) bond motifs is 1. The minimum absolute atomic E-state index is 0.0295. The zero-order valence-corrected chi connectivity index (χ0v) is 22.3. The number of carbonyl (C=O) groups is 1. The van der Waals surface area contributed by atoms with Crippen LogP contribution in [0.3, 0.4) is 0 Å². The lowest BCUT2D eigenvalue weighted by molar-refractivity contribution is -0.166. The first-order valence-electron chi connectivity index (χ1n) is 12.4. The van der Waals surface area contributed by atoms with Crippen molar-refractivity contribution in [2.24, 2.45) is 0 Å². The fraction of sp³-hybridized carbons (Fsp3) is 0.333. The van der Waals surface area contributed by atoms with Gasteiger partial charge in [-0.25, -0.2) is 9.18 Å². The summed E-state index contributed by atoms with van der Waals surface area (Å²) < 4.78 is 33.1. The van der Waals surface area contributed by atoms with Gasteiger partial charge in [-0.2, -0.15) is 0 Å². The highest BCUT2D eigenvalue weighted by atomic mass is 35.5. The van der Waals surface area contributed by atoms with Crippen molar-refractivity contribution in [1.29, 1.82) is 0 Å². The van der Waals surface area contributed by atoms with Crippen molar-refractivity contribution in [3.8, 4) is 16.9 Å². The van der Waals surface area contributed by atoms with Gasteiger partial charge in [-0.15, -0.1) is 0 Å². The van der Waals surface area contributed by atoms with Gasteiger partial charge in [-0.05, 0) is 87.0 Å². The molecule has 1 aromatic heterocycles. The van der Waals surface area contributed by atoms with E-state index in [2.05, 4.69) is 0 Å². The first-order valence-corrected chi connectivity index (χ1v) is 12.8. The van der Waals surface area contributed by atoms with Crippen LogP contribution in [0.5, 0.6) is 5.75 Å². The third-order valence-electron chi connectivity index (χ3n) is 6.53. The summed E-state index contributed by atoms with van der Waals surface area (Å²) in [4.78, 5) is 18.1. The van der Waals surface area contributed by atoms with Crippen LogP contribution in [0.15, 0.2) is 42.6 Å². The summed E-state index contributed by atoms with van der Waals surface area (Å²) in [5.41, 5.74) is 3.90. The van der Waals surface area contributed by atoms with E-state index in [0.717, 1.165) is 34.2 Å². The van der Waals surface area contributed by atoms with E-state index in [9.17, 15) is 4.79 Å². The first kappa shape index (κ1) is 25.4. The van der Waals surface area contributed by atoms with Gasteiger partial charge in [0, 0.05) is 34.5 Å². The van der Waals surface area contributed by atoms with Crippen molar-refractivity contribution in [3.63, 3.8) is 0 Å². The van der Waals surface area contributed by atoms with E-state index < -0.39 is 23.5 Å². The Morgan fingerprint density at radius 3 is 2.70 bits per heavy atom. The zero-order valence-electron chi connectivity index (χ0n) is 21.6. The van der Waals surface area contributed by atoms with Gasteiger partial charge < -0.3 is 14.2 Å². The van der Waals surface area contributed by atoms with Crippen molar-refractivity contribution < 1.29 is 23.4 Å². The summed E-state index contributed by atoms with van der Waals surface area (Å²) in [6.07, 6.45) is 1.50. The summed E-state index contributed by atoms with van der Waals surface area (Å²) in [5.74, 6) is -0.262. The summed E-state index contributed by atoms with van der Waals surface area (Å²) >= 11 is 6.18. The number of rotatable bonds is 5. The second-order valence-corrected chi connectivity index (χ2v) is 10.6. The zero-order chi connectivity index (χ0) is 26.5. The average molecular weight is 522 g/mol. The lowest BCUT2D eigenvalue weighted by atomic mass is 9.85. The molecule has 0 saturated carbocycles. The third-order valence-corrected chi connectivity index (χ3v) is 6.82. The Labute approximate surface area is 220 Å². The average Bonchev–Trinajstić information content (AvgIpc) is 2.85. The Morgan fingerprint density at radius 2 is 1.97 bits per heavy atom. The van der Waals surface area contributed by atoms with E-state index >= 15 is 4.39 Å². The number of aryl methyl sites for hydroxylation is 1. The molecule has 7 heteroatoms. The van der Waals surface area contributed by atoms with E-state index in [1.54, 1.807) is 25.3 Å². The molecule has 0 saturated heterocycles. The maximum absolute atomic E-state index is 15.4. The SMILES string of the molecule is CCOC(=O)C(OC(C)(C)C)c1c(C)cc2c(F)c(Cl)ccc2c1-c1ccc2c3c(ccnc13)CCO2. The van der Waals surface area contributed by atoms with Crippen LogP contribution in [0.4, 0.5) is 4.39 Å². The van der Waals surface area contributed by atoms with E-state index in [1.807, 2.05) is 45.9 Å². The highest BCUT2D eigenvalue weighted by Gasteiger charge is 2.34. The fourth-order valence-electron chi connectivity index (χ4n) is 5.09. The molecule has 1 aliphatic heterocycles. The van der Waals surface area contributed by atoms with Gasteiger partial charge in [0.2, 0.25) is 0 Å². The van der Waals surface area contributed by atoms with Crippen molar-refractivity contribution in [2.45, 2.75) is 52.7 Å². The molecule has 0 fully saturated rings. The highest BCUT2D eigenvalue weighted by molar-refractivity contribution is 6.31. The van der Waals surface area contributed by atoms with Crippen LogP contribution in [0.25, 0.3) is 32.8 Å². The Balaban J connectivity index is 1.92. The maximum Gasteiger partial charge on any atom is 0.339 e. The molecule has 0 N–H and O–H groups in total. The molecule has 4 aromatic rings. The number of hydrogen-bond donors (Lipinski definition) is 0. The predicted molar refractivity (Wildman–Crippen MR) is 144 cm³/mol. The Bertz CT molecular complexity index is 1530. The number of pyridine rings is 1. The standard InChI is InChI=1S/C30H29ClFNO4/c1-6-35-29(34)28(37-30(3,4)5)23-16(2)15-20-18(7-9-21(31)26(20)32)25(23)19-8-10-22-24-17(12-14-36-22)11-13-33-27(19)24/h7-11,13,15,28H,6,12,14H2,1-5H3. The molecule has 192 valence electrons. The smallest absolute Gasteiger partial charge is 0.339 e. The van der Waals surface area contributed by atoms with Crippen LogP contribution < -0.4 is 4.74 Å². The van der Waals surface area contributed by atoms with E-state index in [4.69, 9.17) is 30.8 Å². The lowest BCUT2D eigenvalue weighted by Gasteiger charge is -2.30. The molecule has 2 heterocycles. The number of aromatic nitrogens is 1. The predicted octanol–water partition coefficient (Wildman–Crippen LogP) is 7.51. The van der Waals surface area contributed by atoms with Crippen LogP contribution in [0.1, 0.15) is 50.5 Å². The van der Waals surface area contributed by atoms with Gasteiger partial charge in [-0.3, -0.25) is 4.98 Å². The Kier molecular flexibility index (Phi) is 6.59. The van der Waals surface area contributed by atoms with Crippen LogP contribution in [-0.2, 0) is 20.7 Å². The fourth-order valence-corrected chi connectivity index (χ4v) is 5.25. The van der Waals surface area contributed by atoms with Gasteiger partial charge in [0.15, 0.2) is 6.10 Å². The molecule has 0 aliphatic carbocycles. The summed E-state index contributed by atoms with van der Waals surface area (Å²) in [7, 11) is 0. The molecule has 5 rings (SSSR count). The lowest BCUT2D eigenvalue weighted by Crippen LogP contribution is -2.29. The first-order chi connectivity index (χ1) is 17.6. The largest absolute Gasteiger partial charge is 0.493 e. The molecule has 1 aliphatic rings. The van der Waals surface area contributed by atoms with E-state index in [-0.39, 0.29) is 11.6 Å². The molecule has 3 aromatic carbocycles. The summed E-state index contributed by atoms with van der Waals surface area (Å²) in [6.45, 7) is 10.1. The molecule has 0 amide bonds. The van der Waals surface area contributed by atoms with Gasteiger partial charge in [0.05, 0.1) is 29.4 Å². The number of hydrogen-bond acceptors (Lipinski definition) is 5. The monoisotopic (exact) mass is 521 g/mol. The summed E-state index contributed by atoms with van der Waals surface area (Å²) in [5, 5.41) is 1.92. The number of nitrogens with zero attached hydrogens (tertiary/aromatic N) is 1. The number of benzene rings is 3. The number of halogens is 2. The molecule has 1 unspecified atom stereocenters. The maximum atomic E-state index is 15.4. The van der Waals surface area contributed by atoms with Gasteiger partial charge >= 0.3 is 5.97 Å². The number of carbonyl (C=O) groups excluding carboxylic acids is 1. The summed E-state index contributed by atoms with van der Waals surface area (Å²) in [6, 6.07) is 10.9. The van der Waals surface area contributed by atoms with Crippen LogP contribution >= 0.6 is 11.6 Å². The molecular weight excluding hydrogens is 493 g/mol. The second kappa shape index (κ2) is 9.58. The Hall–Kier alpha value is -3.22.